The molecule has 0 radical (unpaired) electrons. The number of hydrogen-bond donors (Lipinski definition) is 1. The number of aromatic carboxylic acids is 1. The summed E-state index contributed by atoms with van der Waals surface area (Å²) in [6.07, 6.45) is 3.13. The van der Waals surface area contributed by atoms with Crippen LogP contribution in [-0.2, 0) is 0 Å². The van der Waals surface area contributed by atoms with E-state index in [0.717, 1.165) is 5.03 Å². The van der Waals surface area contributed by atoms with E-state index in [9.17, 15) is 4.79 Å². The molecule has 0 atom stereocenters. The maximum Gasteiger partial charge on any atom is 0.355 e. The molecule has 16 heavy (non-hydrogen) atoms. The topological polar surface area (TPSA) is 63.1 Å². The molecule has 0 aliphatic rings. The van der Waals surface area contributed by atoms with Crippen LogP contribution >= 0.6 is 11.8 Å². The van der Waals surface area contributed by atoms with Crippen molar-refractivity contribution in [3.63, 3.8) is 0 Å². The first kappa shape index (κ1) is 10.6. The Morgan fingerprint density at radius 2 is 1.94 bits per heavy atom. The Hall–Kier alpha value is -1.88. The van der Waals surface area contributed by atoms with E-state index in [1.54, 1.807) is 18.3 Å². The molecule has 0 aromatic carbocycles. The van der Waals surface area contributed by atoms with Gasteiger partial charge in [-0.1, -0.05) is 17.8 Å². The van der Waals surface area contributed by atoms with Crippen molar-refractivity contribution in [1.29, 1.82) is 0 Å². The zero-order valence-electron chi connectivity index (χ0n) is 8.20. The molecule has 2 rings (SSSR count). The van der Waals surface area contributed by atoms with Crippen LogP contribution in [0, 0.1) is 0 Å². The van der Waals surface area contributed by atoms with Crippen molar-refractivity contribution in [3.05, 3.63) is 48.4 Å². The smallest absolute Gasteiger partial charge is 0.355 e. The number of nitrogens with zero attached hydrogens (tertiary/aromatic N) is 2. The minimum atomic E-state index is -1.03. The van der Waals surface area contributed by atoms with Crippen LogP contribution in [0.5, 0.6) is 0 Å². The van der Waals surface area contributed by atoms with E-state index in [1.165, 1.54) is 18.0 Å². The molecule has 5 heteroatoms. The van der Waals surface area contributed by atoms with Gasteiger partial charge in [-0.15, -0.1) is 0 Å². The van der Waals surface area contributed by atoms with Gasteiger partial charge in [0.1, 0.15) is 5.03 Å². The largest absolute Gasteiger partial charge is 0.476 e. The second-order valence-electron chi connectivity index (χ2n) is 2.93. The third-order valence-corrected chi connectivity index (χ3v) is 2.83. The van der Waals surface area contributed by atoms with Gasteiger partial charge in [0.05, 0.1) is 0 Å². The molecule has 0 unspecified atom stereocenters. The first-order chi connectivity index (χ1) is 7.77. The van der Waals surface area contributed by atoms with Crippen LogP contribution < -0.4 is 0 Å². The van der Waals surface area contributed by atoms with Gasteiger partial charge in [-0.3, -0.25) is 0 Å². The lowest BCUT2D eigenvalue weighted by Crippen LogP contribution is -2.01. The zero-order valence-corrected chi connectivity index (χ0v) is 9.02. The van der Waals surface area contributed by atoms with Gasteiger partial charge in [-0.25, -0.2) is 14.8 Å². The Kier molecular flexibility index (Phi) is 3.16. The molecule has 0 saturated carbocycles. The molecule has 2 aromatic heterocycles. The number of hydrogen-bond acceptors (Lipinski definition) is 4. The van der Waals surface area contributed by atoms with E-state index in [0.29, 0.717) is 4.90 Å². The minimum Gasteiger partial charge on any atom is -0.476 e. The summed E-state index contributed by atoms with van der Waals surface area (Å²) < 4.78 is 0. The maximum atomic E-state index is 10.9. The van der Waals surface area contributed by atoms with Gasteiger partial charge in [-0.2, -0.15) is 0 Å². The second kappa shape index (κ2) is 4.76. The number of carboxylic acids is 1. The molecule has 4 nitrogen and oxygen atoms in total. The molecule has 0 bridgehead atoms. The third-order valence-electron chi connectivity index (χ3n) is 1.83. The molecule has 0 aliphatic heterocycles. The Balaban J connectivity index is 2.31. The van der Waals surface area contributed by atoms with Crippen LogP contribution in [0.3, 0.4) is 0 Å². The summed E-state index contributed by atoms with van der Waals surface area (Å²) in [5.74, 6) is -1.03. The van der Waals surface area contributed by atoms with Crippen molar-refractivity contribution < 1.29 is 9.90 Å². The lowest BCUT2D eigenvalue weighted by Gasteiger charge is -2.03. The lowest BCUT2D eigenvalue weighted by molar-refractivity contribution is 0.0686. The molecule has 0 spiro atoms. The van der Waals surface area contributed by atoms with Gasteiger partial charge in [0.25, 0.3) is 0 Å². The van der Waals surface area contributed by atoms with Crippen molar-refractivity contribution in [2.75, 3.05) is 0 Å². The quantitative estimate of drug-likeness (QED) is 0.879. The predicted molar refractivity (Wildman–Crippen MR) is 59.6 cm³/mol. The molecule has 2 heterocycles. The van der Waals surface area contributed by atoms with Gasteiger partial charge in [0, 0.05) is 17.3 Å². The summed E-state index contributed by atoms with van der Waals surface area (Å²) in [7, 11) is 0. The molecule has 80 valence electrons. The molecule has 0 saturated heterocycles. The van der Waals surface area contributed by atoms with Gasteiger partial charge >= 0.3 is 5.97 Å². The van der Waals surface area contributed by atoms with Gasteiger partial charge in [0.2, 0.25) is 0 Å². The third kappa shape index (κ3) is 2.38. The summed E-state index contributed by atoms with van der Waals surface area (Å²) >= 11 is 1.29. The van der Waals surface area contributed by atoms with Crippen LogP contribution in [0.2, 0.25) is 0 Å². The van der Waals surface area contributed by atoms with Crippen molar-refractivity contribution in [3.8, 4) is 0 Å². The van der Waals surface area contributed by atoms with Crippen molar-refractivity contribution in [2.45, 2.75) is 9.92 Å². The van der Waals surface area contributed by atoms with Crippen molar-refractivity contribution >= 4 is 17.7 Å². The van der Waals surface area contributed by atoms with E-state index in [2.05, 4.69) is 9.97 Å². The van der Waals surface area contributed by atoms with Crippen LogP contribution in [0.25, 0.3) is 0 Å². The van der Waals surface area contributed by atoms with Crippen LogP contribution in [0.1, 0.15) is 10.5 Å². The Morgan fingerprint density at radius 1 is 1.12 bits per heavy atom. The molecular weight excluding hydrogens is 224 g/mol. The van der Waals surface area contributed by atoms with Crippen LogP contribution in [0.4, 0.5) is 0 Å². The van der Waals surface area contributed by atoms with Crippen LogP contribution in [0.15, 0.2) is 52.6 Å². The summed E-state index contributed by atoms with van der Waals surface area (Å²) in [5, 5.41) is 9.70. The first-order valence-electron chi connectivity index (χ1n) is 4.54. The highest BCUT2D eigenvalue weighted by atomic mass is 32.2. The Morgan fingerprint density at radius 3 is 2.62 bits per heavy atom. The van der Waals surface area contributed by atoms with Crippen LogP contribution in [-0.4, -0.2) is 21.0 Å². The second-order valence-corrected chi connectivity index (χ2v) is 3.99. The Labute approximate surface area is 96.4 Å². The molecule has 0 amide bonds. The average molecular weight is 232 g/mol. The predicted octanol–water partition coefficient (Wildman–Crippen LogP) is 2.33. The minimum absolute atomic E-state index is 0.0538. The molecule has 2 aromatic rings. The number of carboxylic acid groups (broad SMARTS) is 1. The zero-order chi connectivity index (χ0) is 11.4. The van der Waals surface area contributed by atoms with Gasteiger partial charge in [-0.05, 0) is 24.3 Å². The van der Waals surface area contributed by atoms with Crippen molar-refractivity contribution in [2.24, 2.45) is 0 Å². The molecule has 0 aliphatic carbocycles. The van der Waals surface area contributed by atoms with E-state index in [-0.39, 0.29) is 5.69 Å². The number of aromatic nitrogens is 2. The monoisotopic (exact) mass is 232 g/mol. The summed E-state index contributed by atoms with van der Waals surface area (Å²) in [4.78, 5) is 19.5. The maximum absolute atomic E-state index is 10.9. The molecule has 1 N–H and O–H groups in total. The summed E-state index contributed by atoms with van der Waals surface area (Å²) in [6, 6.07) is 8.91. The van der Waals surface area contributed by atoms with E-state index in [1.807, 2.05) is 18.2 Å². The standard InChI is InChI=1S/C11H8N2O2S/c14-11(15)10-8(4-3-7-13-10)16-9-5-1-2-6-12-9/h1-7H,(H,14,15). The SMILES string of the molecule is O=C(O)c1ncccc1Sc1ccccn1. The Bertz CT molecular complexity index is 502. The number of rotatable bonds is 3. The van der Waals surface area contributed by atoms with E-state index >= 15 is 0 Å². The van der Waals surface area contributed by atoms with Gasteiger partial charge < -0.3 is 5.11 Å². The fourth-order valence-corrected chi connectivity index (χ4v) is 2.02. The normalized spacial score (nSPS) is 10.0. The summed E-state index contributed by atoms with van der Waals surface area (Å²) in [6.45, 7) is 0. The van der Waals surface area contributed by atoms with E-state index in [4.69, 9.17) is 5.11 Å². The molecular formula is C11H8N2O2S. The average Bonchev–Trinajstić information content (AvgIpc) is 2.31. The highest BCUT2D eigenvalue weighted by Gasteiger charge is 2.12. The first-order valence-corrected chi connectivity index (χ1v) is 5.36. The fourth-order valence-electron chi connectivity index (χ4n) is 1.15. The van der Waals surface area contributed by atoms with Crippen molar-refractivity contribution in [1.82, 2.24) is 9.97 Å². The fraction of sp³-hybridized carbons (Fsp3) is 0. The highest BCUT2D eigenvalue weighted by molar-refractivity contribution is 7.99. The number of carbonyl (C=O) groups is 1. The lowest BCUT2D eigenvalue weighted by atomic mass is 10.3. The van der Waals surface area contributed by atoms with Gasteiger partial charge in [0.15, 0.2) is 5.69 Å². The highest BCUT2D eigenvalue weighted by Crippen LogP contribution is 2.27. The number of pyridine rings is 2. The summed E-state index contributed by atoms with van der Waals surface area (Å²) in [5.41, 5.74) is 0.0538. The van der Waals surface area contributed by atoms with E-state index < -0.39 is 5.97 Å². The molecule has 0 fully saturated rings.